The lowest BCUT2D eigenvalue weighted by Gasteiger charge is -2.24. The van der Waals surface area contributed by atoms with Crippen molar-refractivity contribution in [3.05, 3.63) is 41.1 Å². The summed E-state index contributed by atoms with van der Waals surface area (Å²) < 4.78 is 17.4. The molecular formula is C10H10ClN2O3P. The lowest BCUT2D eigenvalue weighted by molar-refractivity contribution is -0.115. The third kappa shape index (κ3) is 3.02. The molecule has 0 bridgehead atoms. The summed E-state index contributed by atoms with van der Waals surface area (Å²) >= 11 is 5.72. The summed E-state index contributed by atoms with van der Waals surface area (Å²) in [7, 11) is -3.42. The van der Waals surface area contributed by atoms with Crippen molar-refractivity contribution >= 4 is 25.2 Å². The van der Waals surface area contributed by atoms with Crippen LogP contribution in [0.15, 0.2) is 36.0 Å². The Balaban J connectivity index is 2.18. The van der Waals surface area contributed by atoms with Crippen LogP contribution in [0.1, 0.15) is 6.92 Å². The minimum absolute atomic E-state index is 0.361. The van der Waals surface area contributed by atoms with Crippen molar-refractivity contribution in [1.82, 2.24) is 10.2 Å². The predicted molar refractivity (Wildman–Crippen MR) is 64.7 cm³/mol. The second-order valence-electron chi connectivity index (χ2n) is 3.51. The highest BCUT2D eigenvalue weighted by Gasteiger charge is 2.30. The number of carbonyl (C=O) groups excluding carboxylic acids is 1. The maximum absolute atomic E-state index is 12.2. The van der Waals surface area contributed by atoms with Gasteiger partial charge in [-0.05, 0) is 31.2 Å². The summed E-state index contributed by atoms with van der Waals surface area (Å²) in [6, 6.07) is 6.36. The van der Waals surface area contributed by atoms with Crippen molar-refractivity contribution in [3.63, 3.8) is 0 Å². The summed E-state index contributed by atoms with van der Waals surface area (Å²) in [5.41, 5.74) is 0.492. The Morgan fingerprint density at radius 2 is 1.88 bits per heavy atom. The summed E-state index contributed by atoms with van der Waals surface area (Å²) in [5.74, 6) is -0.0845. The van der Waals surface area contributed by atoms with Crippen molar-refractivity contribution < 1.29 is 13.9 Å². The molecule has 90 valence electrons. The van der Waals surface area contributed by atoms with Gasteiger partial charge in [-0.3, -0.25) is 15.0 Å². The van der Waals surface area contributed by atoms with Crippen molar-refractivity contribution in [2.75, 3.05) is 0 Å². The number of carbonyl (C=O) groups is 1. The Labute approximate surface area is 103 Å². The fourth-order valence-corrected chi connectivity index (χ4v) is 2.93. The predicted octanol–water partition coefficient (Wildman–Crippen LogP) is 2.45. The number of amides is 1. The van der Waals surface area contributed by atoms with Crippen LogP contribution in [-0.4, -0.2) is 5.91 Å². The number of halogens is 1. The lowest BCUT2D eigenvalue weighted by Crippen LogP contribution is -2.33. The smallest absolute Gasteiger partial charge is 0.414 e. The zero-order valence-corrected chi connectivity index (χ0v) is 10.6. The molecule has 5 nitrogen and oxygen atoms in total. The van der Waals surface area contributed by atoms with Gasteiger partial charge in [0.05, 0.1) is 0 Å². The molecule has 0 aliphatic carbocycles. The van der Waals surface area contributed by atoms with Gasteiger partial charge in [0.1, 0.15) is 5.75 Å². The van der Waals surface area contributed by atoms with Crippen LogP contribution in [0.25, 0.3) is 0 Å². The molecule has 1 aromatic carbocycles. The Bertz CT molecular complexity index is 527. The minimum atomic E-state index is -3.42. The second-order valence-corrected chi connectivity index (χ2v) is 5.68. The Kier molecular flexibility index (Phi) is 3.13. The number of nitrogens with one attached hydrogen (secondary N) is 2. The lowest BCUT2D eigenvalue weighted by atomic mass is 10.3. The van der Waals surface area contributed by atoms with Gasteiger partial charge in [0, 0.05) is 16.8 Å². The molecule has 0 fully saturated rings. The van der Waals surface area contributed by atoms with Crippen LogP contribution in [0.3, 0.4) is 0 Å². The number of allylic oxidation sites excluding steroid dienone is 1. The summed E-state index contributed by atoms with van der Waals surface area (Å²) in [5, 5.41) is 5.42. The maximum Gasteiger partial charge on any atom is 0.446 e. The number of hydrogen-bond acceptors (Lipinski definition) is 3. The van der Waals surface area contributed by atoms with Gasteiger partial charge in [-0.1, -0.05) is 11.6 Å². The summed E-state index contributed by atoms with van der Waals surface area (Å²) in [4.78, 5) is 11.2. The normalized spacial score (nSPS) is 23.4. The average molecular weight is 273 g/mol. The molecule has 17 heavy (non-hydrogen) atoms. The molecule has 1 atom stereocenters. The molecule has 1 aliphatic heterocycles. The van der Waals surface area contributed by atoms with E-state index in [9.17, 15) is 9.36 Å². The van der Waals surface area contributed by atoms with Gasteiger partial charge in [0.25, 0.3) is 5.91 Å². The summed E-state index contributed by atoms with van der Waals surface area (Å²) in [6.45, 7) is 1.64. The molecule has 0 aromatic heterocycles. The van der Waals surface area contributed by atoms with Crippen LogP contribution in [0, 0.1) is 0 Å². The Morgan fingerprint density at radius 1 is 1.24 bits per heavy atom. The van der Waals surface area contributed by atoms with Crippen LogP contribution >= 0.6 is 19.3 Å². The molecule has 0 radical (unpaired) electrons. The van der Waals surface area contributed by atoms with E-state index in [4.69, 9.17) is 16.1 Å². The van der Waals surface area contributed by atoms with Gasteiger partial charge >= 0.3 is 7.67 Å². The largest absolute Gasteiger partial charge is 0.446 e. The molecule has 1 aromatic rings. The van der Waals surface area contributed by atoms with Crippen LogP contribution in [0.5, 0.6) is 5.75 Å². The molecule has 0 saturated carbocycles. The first-order chi connectivity index (χ1) is 7.97. The average Bonchev–Trinajstić information content (AvgIpc) is 2.19. The topological polar surface area (TPSA) is 67.4 Å². The first kappa shape index (κ1) is 12.0. The third-order valence-electron chi connectivity index (χ3n) is 1.98. The van der Waals surface area contributed by atoms with Crippen LogP contribution in [-0.2, 0) is 9.36 Å². The number of rotatable bonds is 2. The van der Waals surface area contributed by atoms with E-state index in [1.165, 1.54) is 6.08 Å². The number of hydrogen-bond donors (Lipinski definition) is 2. The fourth-order valence-electron chi connectivity index (χ4n) is 1.36. The highest BCUT2D eigenvalue weighted by atomic mass is 35.5. The first-order valence-electron chi connectivity index (χ1n) is 4.81. The van der Waals surface area contributed by atoms with Gasteiger partial charge in [-0.25, -0.2) is 4.57 Å². The minimum Gasteiger partial charge on any atom is -0.414 e. The van der Waals surface area contributed by atoms with E-state index in [1.54, 1.807) is 31.2 Å². The van der Waals surface area contributed by atoms with Crippen molar-refractivity contribution in [2.24, 2.45) is 0 Å². The van der Waals surface area contributed by atoms with E-state index in [-0.39, 0.29) is 0 Å². The van der Waals surface area contributed by atoms with E-state index in [0.717, 1.165) is 0 Å². The van der Waals surface area contributed by atoms with Crippen molar-refractivity contribution in [3.8, 4) is 5.75 Å². The number of benzene rings is 1. The van der Waals surface area contributed by atoms with Gasteiger partial charge in [-0.15, -0.1) is 0 Å². The molecule has 2 N–H and O–H groups in total. The van der Waals surface area contributed by atoms with E-state index in [1.807, 2.05) is 0 Å². The second kappa shape index (κ2) is 4.43. The quantitative estimate of drug-likeness (QED) is 0.812. The van der Waals surface area contributed by atoms with Gasteiger partial charge in [0.2, 0.25) is 0 Å². The van der Waals surface area contributed by atoms with Crippen LogP contribution < -0.4 is 14.7 Å². The molecule has 0 spiro atoms. The molecule has 0 unspecified atom stereocenters. The highest BCUT2D eigenvalue weighted by molar-refractivity contribution is 7.56. The van der Waals surface area contributed by atoms with E-state index < -0.39 is 13.6 Å². The van der Waals surface area contributed by atoms with Crippen molar-refractivity contribution in [2.45, 2.75) is 6.92 Å². The van der Waals surface area contributed by atoms with E-state index >= 15 is 0 Å². The zero-order valence-electron chi connectivity index (χ0n) is 8.94. The molecule has 0 saturated heterocycles. The Hall–Kier alpha value is -1.45. The maximum atomic E-state index is 12.2. The van der Waals surface area contributed by atoms with Gasteiger partial charge < -0.3 is 4.52 Å². The molecular weight excluding hydrogens is 263 g/mol. The highest BCUT2D eigenvalue weighted by Crippen LogP contribution is 2.41. The first-order valence-corrected chi connectivity index (χ1v) is 6.81. The van der Waals surface area contributed by atoms with Crippen LogP contribution in [0.2, 0.25) is 5.02 Å². The zero-order chi connectivity index (χ0) is 12.5. The summed E-state index contributed by atoms with van der Waals surface area (Å²) in [6.07, 6.45) is 1.31. The van der Waals surface area contributed by atoms with Gasteiger partial charge in [-0.2, -0.15) is 0 Å². The van der Waals surface area contributed by atoms with E-state index in [2.05, 4.69) is 10.2 Å². The Morgan fingerprint density at radius 3 is 2.47 bits per heavy atom. The monoisotopic (exact) mass is 272 g/mol. The SMILES string of the molecule is CC1=CC(=O)N[P@@](=O)(Oc2ccc(Cl)cc2)N1. The molecule has 7 heteroatoms. The molecule has 1 heterocycles. The molecule has 1 amide bonds. The van der Waals surface area contributed by atoms with Gasteiger partial charge in [0.15, 0.2) is 0 Å². The standard InChI is InChI=1S/C10H10ClN2O3P/c1-7-6-10(14)13-17(15,12-7)16-9-4-2-8(11)3-5-9/h2-6H,1H3,(H2,12,13,14,15)/t17-/m0/s1. The molecule has 1 aliphatic rings. The van der Waals surface area contributed by atoms with E-state index in [0.29, 0.717) is 16.5 Å². The fraction of sp³-hybridized carbons (Fsp3) is 0.100. The van der Waals surface area contributed by atoms with Crippen LogP contribution in [0.4, 0.5) is 0 Å². The third-order valence-corrected chi connectivity index (χ3v) is 3.86. The van der Waals surface area contributed by atoms with Crippen molar-refractivity contribution in [1.29, 1.82) is 0 Å². The molecule has 2 rings (SSSR count).